The van der Waals surface area contributed by atoms with Gasteiger partial charge in [0.1, 0.15) is 0 Å². The van der Waals surface area contributed by atoms with Crippen molar-refractivity contribution in [3.63, 3.8) is 0 Å². The molecule has 2 nitrogen and oxygen atoms in total. The number of carboxylic acid groups (broad SMARTS) is 1. The second-order valence-electron chi connectivity index (χ2n) is 3.43. The summed E-state index contributed by atoms with van der Waals surface area (Å²) in [6, 6.07) is 3.86. The minimum Gasteiger partial charge on any atom is -0.481 e. The molecule has 2 unspecified atom stereocenters. The van der Waals surface area contributed by atoms with Crippen LogP contribution in [0.2, 0.25) is 0 Å². The fraction of sp³-hybridized carbons (Fsp3) is 0.300. The quantitative estimate of drug-likeness (QED) is 0.790. The van der Waals surface area contributed by atoms with E-state index >= 15 is 0 Å². The number of aliphatic carboxylic acids is 1. The van der Waals surface area contributed by atoms with Crippen LogP contribution in [-0.2, 0) is 4.79 Å². The highest BCUT2D eigenvalue weighted by Crippen LogP contribution is 2.48. The Morgan fingerprint density at radius 3 is 2.71 bits per heavy atom. The number of hydrogen-bond donors (Lipinski definition) is 1. The Labute approximate surface area is 79.2 Å². The molecule has 0 aliphatic heterocycles. The smallest absolute Gasteiger partial charge is 0.307 e. The van der Waals surface area contributed by atoms with Crippen molar-refractivity contribution >= 4 is 5.97 Å². The third kappa shape index (κ3) is 1.36. The van der Waals surface area contributed by atoms with Gasteiger partial charge in [-0.3, -0.25) is 4.79 Å². The number of rotatable bonds is 2. The van der Waals surface area contributed by atoms with Gasteiger partial charge in [0, 0.05) is 5.92 Å². The molecular formula is C10H8F2O2. The van der Waals surface area contributed by atoms with Crippen molar-refractivity contribution in [1.29, 1.82) is 0 Å². The van der Waals surface area contributed by atoms with E-state index in [0.29, 0.717) is 6.42 Å². The second kappa shape index (κ2) is 3.04. The molecule has 1 aromatic rings. The van der Waals surface area contributed by atoms with Gasteiger partial charge in [-0.15, -0.1) is 0 Å². The van der Waals surface area contributed by atoms with Gasteiger partial charge < -0.3 is 5.11 Å². The molecule has 14 heavy (non-hydrogen) atoms. The predicted octanol–water partition coefficient (Wildman–Crippen LogP) is 2.15. The Kier molecular flexibility index (Phi) is 1.98. The zero-order chi connectivity index (χ0) is 10.3. The van der Waals surface area contributed by atoms with E-state index in [0.717, 1.165) is 6.07 Å². The summed E-state index contributed by atoms with van der Waals surface area (Å²) in [5, 5.41) is 8.63. The van der Waals surface area contributed by atoms with Gasteiger partial charge in [-0.05, 0) is 18.1 Å². The van der Waals surface area contributed by atoms with Crippen LogP contribution in [0.4, 0.5) is 8.78 Å². The van der Waals surface area contributed by atoms with Crippen molar-refractivity contribution in [2.75, 3.05) is 0 Å². The molecule has 0 radical (unpaired) electrons. The van der Waals surface area contributed by atoms with Gasteiger partial charge in [-0.25, -0.2) is 8.78 Å². The summed E-state index contributed by atoms with van der Waals surface area (Å²) in [7, 11) is 0. The van der Waals surface area contributed by atoms with Crippen LogP contribution < -0.4 is 0 Å². The summed E-state index contributed by atoms with van der Waals surface area (Å²) < 4.78 is 25.9. The largest absolute Gasteiger partial charge is 0.481 e. The Balaban J connectivity index is 2.27. The summed E-state index contributed by atoms with van der Waals surface area (Å²) in [4.78, 5) is 10.5. The number of hydrogen-bond acceptors (Lipinski definition) is 1. The number of carboxylic acids is 1. The molecule has 4 heteroatoms. The highest BCUT2D eigenvalue weighted by atomic mass is 19.2. The molecule has 1 aliphatic carbocycles. The van der Waals surface area contributed by atoms with Crippen LogP contribution in [-0.4, -0.2) is 11.1 Å². The first-order valence-electron chi connectivity index (χ1n) is 4.28. The fourth-order valence-electron chi connectivity index (χ4n) is 1.62. The Morgan fingerprint density at radius 1 is 1.43 bits per heavy atom. The summed E-state index contributed by atoms with van der Waals surface area (Å²) in [5.41, 5.74) is 0.178. The maximum atomic E-state index is 13.2. The van der Waals surface area contributed by atoms with Crippen LogP contribution in [0.25, 0.3) is 0 Å². The SMILES string of the molecule is O=C(O)C1CC1c1cccc(F)c1F. The van der Waals surface area contributed by atoms with Crippen LogP contribution >= 0.6 is 0 Å². The maximum absolute atomic E-state index is 13.2. The molecule has 0 spiro atoms. The summed E-state index contributed by atoms with van der Waals surface area (Å²) >= 11 is 0. The van der Waals surface area contributed by atoms with Crippen molar-refractivity contribution in [2.24, 2.45) is 5.92 Å². The highest BCUT2D eigenvalue weighted by molar-refractivity contribution is 5.75. The van der Waals surface area contributed by atoms with E-state index in [1.54, 1.807) is 0 Å². The van der Waals surface area contributed by atoms with Gasteiger partial charge in [0.15, 0.2) is 11.6 Å². The van der Waals surface area contributed by atoms with E-state index in [1.165, 1.54) is 12.1 Å². The molecule has 1 aromatic carbocycles. The minimum atomic E-state index is -0.946. The van der Waals surface area contributed by atoms with Crippen molar-refractivity contribution in [1.82, 2.24) is 0 Å². The Hall–Kier alpha value is -1.45. The van der Waals surface area contributed by atoms with E-state index in [4.69, 9.17) is 5.11 Å². The van der Waals surface area contributed by atoms with E-state index in [9.17, 15) is 13.6 Å². The molecule has 0 amide bonds. The predicted molar refractivity (Wildman–Crippen MR) is 44.8 cm³/mol. The van der Waals surface area contributed by atoms with E-state index in [-0.39, 0.29) is 11.5 Å². The van der Waals surface area contributed by atoms with Gasteiger partial charge in [-0.2, -0.15) is 0 Å². The summed E-state index contributed by atoms with van der Waals surface area (Å²) in [5.74, 6) is -3.69. The molecule has 2 rings (SSSR count). The van der Waals surface area contributed by atoms with E-state index in [2.05, 4.69) is 0 Å². The van der Waals surface area contributed by atoms with Gasteiger partial charge in [0.25, 0.3) is 0 Å². The van der Waals surface area contributed by atoms with Crippen molar-refractivity contribution in [3.8, 4) is 0 Å². The summed E-state index contributed by atoms with van der Waals surface area (Å²) in [6.07, 6.45) is 0.399. The van der Waals surface area contributed by atoms with Crippen molar-refractivity contribution in [3.05, 3.63) is 35.4 Å². The number of carbonyl (C=O) groups is 1. The maximum Gasteiger partial charge on any atom is 0.307 e. The summed E-state index contributed by atoms with van der Waals surface area (Å²) in [6.45, 7) is 0. The molecule has 74 valence electrons. The number of benzene rings is 1. The first-order chi connectivity index (χ1) is 6.61. The third-order valence-corrected chi connectivity index (χ3v) is 2.49. The van der Waals surface area contributed by atoms with Crippen molar-refractivity contribution in [2.45, 2.75) is 12.3 Å². The highest BCUT2D eigenvalue weighted by Gasteiger charge is 2.45. The first kappa shape index (κ1) is 9.12. The van der Waals surface area contributed by atoms with Crippen LogP contribution in [0, 0.1) is 17.6 Å². The average molecular weight is 198 g/mol. The average Bonchev–Trinajstić information content (AvgIpc) is 2.89. The molecule has 1 saturated carbocycles. The lowest BCUT2D eigenvalue weighted by atomic mass is 10.1. The lowest BCUT2D eigenvalue weighted by molar-refractivity contribution is -0.138. The minimum absolute atomic E-state index is 0.178. The molecule has 1 fully saturated rings. The van der Waals surface area contributed by atoms with Crippen LogP contribution in [0.1, 0.15) is 17.9 Å². The second-order valence-corrected chi connectivity index (χ2v) is 3.43. The van der Waals surface area contributed by atoms with E-state index in [1.807, 2.05) is 0 Å². The standard InChI is InChI=1S/C10H8F2O2/c11-8-3-1-2-5(9(8)12)6-4-7(6)10(13)14/h1-3,6-7H,4H2,(H,13,14). The van der Waals surface area contributed by atoms with Crippen LogP contribution in [0.15, 0.2) is 18.2 Å². The lowest BCUT2D eigenvalue weighted by Gasteiger charge is -2.01. The molecule has 1 N–H and O–H groups in total. The molecular weight excluding hydrogens is 190 g/mol. The Bertz CT molecular complexity index is 390. The van der Waals surface area contributed by atoms with Gasteiger partial charge in [0.2, 0.25) is 0 Å². The van der Waals surface area contributed by atoms with E-state index < -0.39 is 23.5 Å². The topological polar surface area (TPSA) is 37.3 Å². The first-order valence-corrected chi connectivity index (χ1v) is 4.28. The molecule has 0 aromatic heterocycles. The van der Waals surface area contributed by atoms with Gasteiger partial charge in [0.05, 0.1) is 5.92 Å². The molecule has 1 aliphatic rings. The van der Waals surface area contributed by atoms with Crippen LogP contribution in [0.3, 0.4) is 0 Å². The zero-order valence-electron chi connectivity index (χ0n) is 7.21. The normalized spacial score (nSPS) is 24.7. The fourth-order valence-corrected chi connectivity index (χ4v) is 1.62. The third-order valence-electron chi connectivity index (χ3n) is 2.49. The van der Waals surface area contributed by atoms with Gasteiger partial charge >= 0.3 is 5.97 Å². The molecule has 0 bridgehead atoms. The van der Waals surface area contributed by atoms with Gasteiger partial charge in [-0.1, -0.05) is 12.1 Å². The molecule has 0 saturated heterocycles. The van der Waals surface area contributed by atoms with Crippen LogP contribution in [0.5, 0.6) is 0 Å². The zero-order valence-corrected chi connectivity index (χ0v) is 7.21. The molecule has 2 atom stereocenters. The Morgan fingerprint density at radius 2 is 2.14 bits per heavy atom. The molecule has 0 heterocycles. The lowest BCUT2D eigenvalue weighted by Crippen LogP contribution is -2.00. The van der Waals surface area contributed by atoms with Crippen molar-refractivity contribution < 1.29 is 18.7 Å². The number of halogens is 2. The monoisotopic (exact) mass is 198 g/mol.